The van der Waals surface area contributed by atoms with Crippen molar-refractivity contribution in [3.05, 3.63) is 65.7 Å². The normalized spacial score (nSPS) is 15.6. The van der Waals surface area contributed by atoms with Crippen LogP contribution in [0, 0.1) is 6.92 Å². The van der Waals surface area contributed by atoms with Crippen molar-refractivity contribution in [1.29, 1.82) is 0 Å². The van der Waals surface area contributed by atoms with Gasteiger partial charge in [-0.05, 0) is 37.5 Å². The van der Waals surface area contributed by atoms with Gasteiger partial charge in [-0.2, -0.15) is 0 Å². The van der Waals surface area contributed by atoms with Crippen molar-refractivity contribution < 1.29 is 9.84 Å². The third kappa shape index (κ3) is 5.08. The number of para-hydroxylation sites is 1. The number of aliphatic hydroxyl groups excluding tert-OH is 1. The fourth-order valence-corrected chi connectivity index (χ4v) is 2.74. The van der Waals surface area contributed by atoms with E-state index in [4.69, 9.17) is 4.74 Å². The number of aryl methyl sites for hydroxylation is 1. The molecule has 0 radical (unpaired) electrons. The monoisotopic (exact) mass is 311 g/mol. The SMILES string of the molecule is Cc1ccc(CN(C[C@@H](O)COc2ccccc2)C2CC2)cc1. The molecule has 0 spiro atoms. The fourth-order valence-electron chi connectivity index (χ4n) is 2.74. The molecule has 0 aromatic heterocycles. The Balaban J connectivity index is 1.51. The zero-order chi connectivity index (χ0) is 16.1. The molecule has 1 fully saturated rings. The topological polar surface area (TPSA) is 32.7 Å². The molecule has 0 amide bonds. The van der Waals surface area contributed by atoms with Gasteiger partial charge in [0.15, 0.2) is 0 Å². The summed E-state index contributed by atoms with van der Waals surface area (Å²) in [5.74, 6) is 0.808. The van der Waals surface area contributed by atoms with Gasteiger partial charge in [0.05, 0.1) is 0 Å². The maximum absolute atomic E-state index is 10.3. The molecular weight excluding hydrogens is 286 g/mol. The Morgan fingerprint density at radius 2 is 1.78 bits per heavy atom. The molecule has 23 heavy (non-hydrogen) atoms. The second-order valence-corrected chi connectivity index (χ2v) is 6.42. The highest BCUT2D eigenvalue weighted by Crippen LogP contribution is 2.28. The van der Waals surface area contributed by atoms with E-state index < -0.39 is 6.10 Å². The summed E-state index contributed by atoms with van der Waals surface area (Å²) in [4.78, 5) is 2.38. The summed E-state index contributed by atoms with van der Waals surface area (Å²) < 4.78 is 5.66. The van der Waals surface area contributed by atoms with Crippen LogP contribution in [-0.2, 0) is 6.54 Å². The highest BCUT2D eigenvalue weighted by Gasteiger charge is 2.30. The van der Waals surface area contributed by atoms with Crippen LogP contribution in [0.4, 0.5) is 0 Å². The summed E-state index contributed by atoms with van der Waals surface area (Å²) in [6, 6.07) is 18.9. The lowest BCUT2D eigenvalue weighted by atomic mass is 10.1. The largest absolute Gasteiger partial charge is 0.491 e. The van der Waals surface area contributed by atoms with E-state index in [2.05, 4.69) is 36.1 Å². The van der Waals surface area contributed by atoms with Crippen LogP contribution >= 0.6 is 0 Å². The Hall–Kier alpha value is -1.84. The molecular formula is C20H25NO2. The van der Waals surface area contributed by atoms with Crippen molar-refractivity contribution in [3.63, 3.8) is 0 Å². The van der Waals surface area contributed by atoms with Gasteiger partial charge >= 0.3 is 0 Å². The van der Waals surface area contributed by atoms with Crippen molar-refractivity contribution in [1.82, 2.24) is 4.90 Å². The number of aliphatic hydroxyl groups is 1. The number of ether oxygens (including phenoxy) is 1. The van der Waals surface area contributed by atoms with Crippen molar-refractivity contribution in [2.24, 2.45) is 0 Å². The standard InChI is InChI=1S/C20H25NO2/c1-16-7-9-17(10-8-16)13-21(18-11-12-18)14-19(22)15-23-20-5-3-2-4-6-20/h2-10,18-19,22H,11-15H2,1H3/t19-/m1/s1. The minimum atomic E-state index is -0.471. The minimum absolute atomic E-state index is 0.334. The summed E-state index contributed by atoms with van der Waals surface area (Å²) in [5, 5.41) is 10.3. The van der Waals surface area contributed by atoms with Gasteiger partial charge in [-0.25, -0.2) is 0 Å². The third-order valence-corrected chi connectivity index (χ3v) is 4.20. The first-order valence-electron chi connectivity index (χ1n) is 8.36. The highest BCUT2D eigenvalue weighted by molar-refractivity contribution is 5.22. The van der Waals surface area contributed by atoms with Crippen LogP contribution in [0.15, 0.2) is 54.6 Å². The summed E-state index contributed by atoms with van der Waals surface area (Å²) in [6.07, 6.45) is 2.00. The Bertz CT molecular complexity index is 593. The van der Waals surface area contributed by atoms with E-state index in [0.29, 0.717) is 19.2 Å². The van der Waals surface area contributed by atoms with Crippen molar-refractivity contribution in [2.45, 2.75) is 38.5 Å². The molecule has 3 rings (SSSR count). The van der Waals surface area contributed by atoms with Gasteiger partial charge in [-0.15, -0.1) is 0 Å². The number of nitrogens with zero attached hydrogens (tertiary/aromatic N) is 1. The molecule has 0 bridgehead atoms. The first-order valence-corrected chi connectivity index (χ1v) is 8.36. The third-order valence-electron chi connectivity index (χ3n) is 4.20. The minimum Gasteiger partial charge on any atom is -0.491 e. The smallest absolute Gasteiger partial charge is 0.119 e. The predicted molar refractivity (Wildman–Crippen MR) is 92.6 cm³/mol. The summed E-state index contributed by atoms with van der Waals surface area (Å²) in [6.45, 7) is 3.99. The fraction of sp³-hybridized carbons (Fsp3) is 0.400. The lowest BCUT2D eigenvalue weighted by Gasteiger charge is -2.25. The molecule has 1 saturated carbocycles. The molecule has 2 aromatic rings. The molecule has 0 aliphatic heterocycles. The van der Waals surface area contributed by atoms with E-state index in [1.165, 1.54) is 24.0 Å². The van der Waals surface area contributed by atoms with Crippen LogP contribution in [0.1, 0.15) is 24.0 Å². The van der Waals surface area contributed by atoms with Crippen molar-refractivity contribution >= 4 is 0 Å². The van der Waals surface area contributed by atoms with Gasteiger partial charge < -0.3 is 9.84 Å². The maximum Gasteiger partial charge on any atom is 0.119 e. The van der Waals surface area contributed by atoms with E-state index in [0.717, 1.165) is 12.3 Å². The number of hydrogen-bond donors (Lipinski definition) is 1. The van der Waals surface area contributed by atoms with Gasteiger partial charge in [0.2, 0.25) is 0 Å². The van der Waals surface area contributed by atoms with E-state index in [-0.39, 0.29) is 0 Å². The molecule has 3 nitrogen and oxygen atoms in total. The molecule has 1 atom stereocenters. The van der Waals surface area contributed by atoms with E-state index in [1.54, 1.807) is 0 Å². The number of rotatable bonds is 8. The van der Waals surface area contributed by atoms with Gasteiger partial charge in [-0.1, -0.05) is 48.0 Å². The second-order valence-electron chi connectivity index (χ2n) is 6.42. The molecule has 0 unspecified atom stereocenters. The zero-order valence-electron chi connectivity index (χ0n) is 13.7. The van der Waals surface area contributed by atoms with Crippen LogP contribution < -0.4 is 4.74 Å². The molecule has 3 heteroatoms. The lowest BCUT2D eigenvalue weighted by Crippen LogP contribution is -2.36. The van der Waals surface area contributed by atoms with Crippen LogP contribution in [0.5, 0.6) is 5.75 Å². The van der Waals surface area contributed by atoms with Gasteiger partial charge in [-0.3, -0.25) is 4.90 Å². The molecule has 0 heterocycles. The molecule has 122 valence electrons. The average Bonchev–Trinajstić information content (AvgIpc) is 3.40. The van der Waals surface area contributed by atoms with Crippen LogP contribution in [0.25, 0.3) is 0 Å². The van der Waals surface area contributed by atoms with Crippen molar-refractivity contribution in [3.8, 4) is 5.75 Å². The molecule has 2 aromatic carbocycles. The van der Waals surface area contributed by atoms with E-state index in [1.807, 2.05) is 30.3 Å². The van der Waals surface area contributed by atoms with Gasteiger partial charge in [0, 0.05) is 19.1 Å². The van der Waals surface area contributed by atoms with E-state index in [9.17, 15) is 5.11 Å². The van der Waals surface area contributed by atoms with Gasteiger partial charge in [0.1, 0.15) is 18.5 Å². The van der Waals surface area contributed by atoms with Gasteiger partial charge in [0.25, 0.3) is 0 Å². The molecule has 0 saturated heterocycles. The maximum atomic E-state index is 10.3. The first-order chi connectivity index (χ1) is 11.2. The lowest BCUT2D eigenvalue weighted by molar-refractivity contribution is 0.0626. The Morgan fingerprint density at radius 1 is 1.09 bits per heavy atom. The zero-order valence-corrected chi connectivity index (χ0v) is 13.7. The van der Waals surface area contributed by atoms with Crippen LogP contribution in [-0.4, -0.2) is 35.3 Å². The highest BCUT2D eigenvalue weighted by atomic mass is 16.5. The Morgan fingerprint density at radius 3 is 2.43 bits per heavy atom. The summed E-state index contributed by atoms with van der Waals surface area (Å²) >= 11 is 0. The summed E-state index contributed by atoms with van der Waals surface area (Å²) in [7, 11) is 0. The van der Waals surface area contributed by atoms with E-state index >= 15 is 0 Å². The predicted octanol–water partition coefficient (Wildman–Crippen LogP) is 3.40. The second kappa shape index (κ2) is 7.62. The van der Waals surface area contributed by atoms with Crippen LogP contribution in [0.2, 0.25) is 0 Å². The molecule has 1 aliphatic rings. The molecule has 1 N–H and O–H groups in total. The average molecular weight is 311 g/mol. The number of benzene rings is 2. The Kier molecular flexibility index (Phi) is 5.31. The Labute approximate surface area is 138 Å². The first kappa shape index (κ1) is 16.0. The quantitative estimate of drug-likeness (QED) is 0.811. The summed E-state index contributed by atoms with van der Waals surface area (Å²) in [5.41, 5.74) is 2.58. The van der Waals surface area contributed by atoms with Crippen molar-refractivity contribution in [2.75, 3.05) is 13.2 Å². The molecule has 1 aliphatic carbocycles. The van der Waals surface area contributed by atoms with Crippen LogP contribution in [0.3, 0.4) is 0 Å². The number of hydrogen-bond acceptors (Lipinski definition) is 3.